The van der Waals surface area contributed by atoms with Crippen molar-refractivity contribution in [1.82, 2.24) is 0 Å². The SMILES string of the molecule is C[C@@H]1CN(C(=O)C2(C)CCCCC2)c2ccccc21. The van der Waals surface area contributed by atoms with Gasteiger partial charge in [-0.3, -0.25) is 4.79 Å². The summed E-state index contributed by atoms with van der Waals surface area (Å²) in [5, 5.41) is 0. The summed E-state index contributed by atoms with van der Waals surface area (Å²) in [4.78, 5) is 15.0. The summed E-state index contributed by atoms with van der Waals surface area (Å²) in [5.41, 5.74) is 2.34. The zero-order valence-electron chi connectivity index (χ0n) is 12.0. The number of hydrogen-bond donors (Lipinski definition) is 0. The second-order valence-electron chi connectivity index (χ2n) is 6.50. The van der Waals surface area contributed by atoms with Crippen LogP contribution in [-0.4, -0.2) is 12.5 Å². The Morgan fingerprint density at radius 1 is 1.21 bits per heavy atom. The molecule has 1 atom stereocenters. The number of anilines is 1. The molecule has 1 heterocycles. The molecule has 2 aliphatic rings. The van der Waals surface area contributed by atoms with Crippen LogP contribution in [0.15, 0.2) is 24.3 Å². The average Bonchev–Trinajstić information content (AvgIpc) is 2.77. The predicted octanol–water partition coefficient (Wildman–Crippen LogP) is 4.11. The predicted molar refractivity (Wildman–Crippen MR) is 78.4 cm³/mol. The van der Waals surface area contributed by atoms with Crippen LogP contribution >= 0.6 is 0 Å². The van der Waals surface area contributed by atoms with Crippen LogP contribution in [-0.2, 0) is 4.79 Å². The number of carbonyl (C=O) groups is 1. The third kappa shape index (κ3) is 2.07. The molecule has 0 N–H and O–H groups in total. The van der Waals surface area contributed by atoms with Crippen molar-refractivity contribution in [3.63, 3.8) is 0 Å². The fourth-order valence-electron chi connectivity index (χ4n) is 3.68. The number of carbonyl (C=O) groups excluding carboxylic acids is 1. The molecule has 1 fully saturated rings. The molecular weight excluding hydrogens is 234 g/mol. The molecule has 1 amide bonds. The normalized spacial score (nSPS) is 25.2. The van der Waals surface area contributed by atoms with E-state index in [1.807, 2.05) is 11.0 Å². The molecule has 0 spiro atoms. The van der Waals surface area contributed by atoms with Gasteiger partial charge in [0.15, 0.2) is 0 Å². The van der Waals surface area contributed by atoms with Crippen molar-refractivity contribution in [1.29, 1.82) is 0 Å². The maximum absolute atomic E-state index is 13.0. The Hall–Kier alpha value is -1.31. The van der Waals surface area contributed by atoms with E-state index in [0.717, 1.165) is 25.1 Å². The number of benzene rings is 1. The third-order valence-corrected chi connectivity index (χ3v) is 4.93. The molecule has 1 aromatic carbocycles. The maximum atomic E-state index is 13.0. The van der Waals surface area contributed by atoms with Crippen LogP contribution in [0.1, 0.15) is 57.4 Å². The first-order valence-electron chi connectivity index (χ1n) is 7.53. The van der Waals surface area contributed by atoms with Gasteiger partial charge in [0.1, 0.15) is 0 Å². The highest BCUT2D eigenvalue weighted by Gasteiger charge is 2.41. The summed E-state index contributed by atoms with van der Waals surface area (Å²) in [6, 6.07) is 8.38. The molecule has 1 aliphatic heterocycles. The quantitative estimate of drug-likeness (QED) is 0.741. The number of para-hydroxylation sites is 1. The van der Waals surface area contributed by atoms with Crippen molar-refractivity contribution >= 4 is 11.6 Å². The zero-order valence-corrected chi connectivity index (χ0v) is 12.0. The van der Waals surface area contributed by atoms with Crippen molar-refractivity contribution < 1.29 is 4.79 Å². The minimum atomic E-state index is -0.130. The highest BCUT2D eigenvalue weighted by Crippen LogP contribution is 2.42. The summed E-state index contributed by atoms with van der Waals surface area (Å²) in [6.45, 7) is 5.24. The van der Waals surface area contributed by atoms with E-state index in [9.17, 15) is 4.79 Å². The molecular formula is C17H23NO. The highest BCUT2D eigenvalue weighted by molar-refractivity contribution is 5.99. The Bertz CT molecular complexity index is 488. The van der Waals surface area contributed by atoms with Crippen molar-refractivity contribution in [3.05, 3.63) is 29.8 Å². The summed E-state index contributed by atoms with van der Waals surface area (Å²) in [6.07, 6.45) is 5.80. The largest absolute Gasteiger partial charge is 0.311 e. The van der Waals surface area contributed by atoms with Gasteiger partial charge in [0.2, 0.25) is 5.91 Å². The molecule has 0 radical (unpaired) electrons. The molecule has 0 unspecified atom stereocenters. The van der Waals surface area contributed by atoms with Gasteiger partial charge in [-0.1, -0.05) is 51.3 Å². The van der Waals surface area contributed by atoms with Gasteiger partial charge in [0.25, 0.3) is 0 Å². The van der Waals surface area contributed by atoms with E-state index in [4.69, 9.17) is 0 Å². The highest BCUT2D eigenvalue weighted by atomic mass is 16.2. The van der Waals surface area contributed by atoms with Gasteiger partial charge in [0.05, 0.1) is 0 Å². The maximum Gasteiger partial charge on any atom is 0.232 e. The molecule has 1 aliphatic carbocycles. The molecule has 1 aromatic rings. The Balaban J connectivity index is 1.89. The molecule has 2 heteroatoms. The standard InChI is InChI=1S/C17H23NO/c1-13-12-18(15-9-5-4-8-14(13)15)16(19)17(2)10-6-3-7-11-17/h4-5,8-9,13H,3,6-7,10-12H2,1-2H3/t13-/m1/s1. The lowest BCUT2D eigenvalue weighted by molar-refractivity contribution is -0.129. The number of nitrogens with zero attached hydrogens (tertiary/aromatic N) is 1. The lowest BCUT2D eigenvalue weighted by Crippen LogP contribution is -2.43. The van der Waals surface area contributed by atoms with Gasteiger partial charge < -0.3 is 4.90 Å². The van der Waals surface area contributed by atoms with Gasteiger partial charge >= 0.3 is 0 Å². The van der Waals surface area contributed by atoms with Crippen LogP contribution < -0.4 is 4.90 Å². The van der Waals surface area contributed by atoms with E-state index in [1.54, 1.807) is 0 Å². The summed E-state index contributed by atoms with van der Waals surface area (Å²) >= 11 is 0. The van der Waals surface area contributed by atoms with Gasteiger partial charge in [-0.15, -0.1) is 0 Å². The van der Waals surface area contributed by atoms with Crippen molar-refractivity contribution in [3.8, 4) is 0 Å². The van der Waals surface area contributed by atoms with Crippen LogP contribution in [0.4, 0.5) is 5.69 Å². The van der Waals surface area contributed by atoms with Crippen molar-refractivity contribution in [2.24, 2.45) is 5.41 Å². The molecule has 3 rings (SSSR count). The third-order valence-electron chi connectivity index (χ3n) is 4.93. The number of fused-ring (bicyclic) bond motifs is 1. The fraction of sp³-hybridized carbons (Fsp3) is 0.588. The first-order valence-corrected chi connectivity index (χ1v) is 7.53. The summed E-state index contributed by atoms with van der Waals surface area (Å²) in [5.74, 6) is 0.816. The molecule has 0 aromatic heterocycles. The van der Waals surface area contributed by atoms with Crippen molar-refractivity contribution in [2.75, 3.05) is 11.4 Å². The second kappa shape index (κ2) is 4.66. The van der Waals surface area contributed by atoms with Crippen molar-refractivity contribution in [2.45, 2.75) is 51.9 Å². The van der Waals surface area contributed by atoms with Crippen LogP contribution in [0, 0.1) is 5.41 Å². The monoisotopic (exact) mass is 257 g/mol. The molecule has 102 valence electrons. The molecule has 2 nitrogen and oxygen atoms in total. The van der Waals surface area contributed by atoms with E-state index < -0.39 is 0 Å². The molecule has 19 heavy (non-hydrogen) atoms. The fourth-order valence-corrected chi connectivity index (χ4v) is 3.68. The minimum absolute atomic E-state index is 0.130. The van der Waals surface area contributed by atoms with E-state index in [0.29, 0.717) is 11.8 Å². The van der Waals surface area contributed by atoms with E-state index in [2.05, 4.69) is 32.0 Å². The van der Waals surface area contributed by atoms with Gasteiger partial charge in [0, 0.05) is 23.6 Å². The Morgan fingerprint density at radius 2 is 1.89 bits per heavy atom. The van der Waals surface area contributed by atoms with Gasteiger partial charge in [-0.05, 0) is 24.5 Å². The molecule has 0 saturated heterocycles. The summed E-state index contributed by atoms with van der Waals surface area (Å²) in [7, 11) is 0. The van der Waals surface area contributed by atoms with E-state index in [1.165, 1.54) is 24.8 Å². The number of rotatable bonds is 1. The van der Waals surface area contributed by atoms with Gasteiger partial charge in [-0.25, -0.2) is 0 Å². The Labute approximate surface area is 115 Å². The van der Waals surface area contributed by atoms with Crippen LogP contribution in [0.2, 0.25) is 0 Å². The van der Waals surface area contributed by atoms with E-state index in [-0.39, 0.29) is 5.41 Å². The van der Waals surface area contributed by atoms with Crippen LogP contribution in [0.25, 0.3) is 0 Å². The lowest BCUT2D eigenvalue weighted by atomic mass is 9.74. The zero-order chi connectivity index (χ0) is 13.5. The first kappa shape index (κ1) is 12.7. The minimum Gasteiger partial charge on any atom is -0.311 e. The number of amides is 1. The Kier molecular flexibility index (Phi) is 3.12. The molecule has 0 bridgehead atoms. The molecule has 1 saturated carbocycles. The Morgan fingerprint density at radius 3 is 2.63 bits per heavy atom. The lowest BCUT2D eigenvalue weighted by Gasteiger charge is -2.36. The number of hydrogen-bond acceptors (Lipinski definition) is 1. The smallest absolute Gasteiger partial charge is 0.232 e. The topological polar surface area (TPSA) is 20.3 Å². The van der Waals surface area contributed by atoms with Gasteiger partial charge in [-0.2, -0.15) is 0 Å². The van der Waals surface area contributed by atoms with Crippen LogP contribution in [0.3, 0.4) is 0 Å². The first-order chi connectivity index (χ1) is 9.12. The summed E-state index contributed by atoms with van der Waals surface area (Å²) < 4.78 is 0. The van der Waals surface area contributed by atoms with E-state index >= 15 is 0 Å². The average molecular weight is 257 g/mol. The van der Waals surface area contributed by atoms with Crippen LogP contribution in [0.5, 0.6) is 0 Å². The second-order valence-corrected chi connectivity index (χ2v) is 6.50.